The van der Waals surface area contributed by atoms with Crippen molar-refractivity contribution in [3.8, 4) is 0 Å². The summed E-state index contributed by atoms with van der Waals surface area (Å²) in [6, 6.07) is 2.10. The zero-order valence-electron chi connectivity index (χ0n) is 7.19. The van der Waals surface area contributed by atoms with Crippen LogP contribution in [-0.4, -0.2) is 11.9 Å². The largest absolute Gasteiger partial charge is 0.348 e. The monoisotopic (exact) mass is 196 g/mol. The van der Waals surface area contributed by atoms with Crippen molar-refractivity contribution in [2.24, 2.45) is 5.73 Å². The molecule has 0 saturated carbocycles. The molecule has 3 nitrogen and oxygen atoms in total. The summed E-state index contributed by atoms with van der Waals surface area (Å²) in [5.74, 6) is 0.109. The summed E-state index contributed by atoms with van der Waals surface area (Å²) >= 11 is 1.63. The molecule has 0 aromatic carbocycles. The first kappa shape index (κ1) is 8.72. The molecule has 2 rings (SSSR count). The Bertz CT molecular complexity index is 297. The number of piperidine rings is 1. The van der Waals surface area contributed by atoms with Crippen molar-refractivity contribution in [2.75, 3.05) is 0 Å². The Morgan fingerprint density at radius 2 is 2.46 bits per heavy atom. The average molecular weight is 196 g/mol. The molecule has 1 aromatic rings. The number of hydrogen-bond acceptors (Lipinski definition) is 3. The minimum atomic E-state index is 0.0208. The van der Waals surface area contributed by atoms with Crippen molar-refractivity contribution in [1.29, 1.82) is 0 Å². The van der Waals surface area contributed by atoms with Crippen molar-refractivity contribution in [1.82, 2.24) is 5.32 Å². The number of nitrogens with two attached hydrogens (primary N) is 1. The number of nitrogens with one attached hydrogen (secondary N) is 1. The van der Waals surface area contributed by atoms with Crippen molar-refractivity contribution >= 4 is 17.2 Å². The molecule has 0 aliphatic carbocycles. The fraction of sp³-hybridized carbons (Fsp3) is 0.444. The Labute approximate surface area is 80.9 Å². The molecule has 0 bridgehead atoms. The lowest BCUT2D eigenvalue weighted by molar-refractivity contribution is -0.123. The third kappa shape index (κ3) is 1.73. The van der Waals surface area contributed by atoms with Gasteiger partial charge in [0.25, 0.3) is 0 Å². The van der Waals surface area contributed by atoms with E-state index in [4.69, 9.17) is 5.73 Å². The zero-order valence-corrected chi connectivity index (χ0v) is 8.01. The van der Waals surface area contributed by atoms with Gasteiger partial charge >= 0.3 is 0 Å². The highest BCUT2D eigenvalue weighted by atomic mass is 32.1. The first-order valence-corrected chi connectivity index (χ1v) is 5.28. The predicted octanol–water partition coefficient (Wildman–Crippen LogP) is 1.03. The summed E-state index contributed by atoms with van der Waals surface area (Å²) in [4.78, 5) is 11.2. The molecule has 2 unspecified atom stereocenters. The van der Waals surface area contributed by atoms with Crippen LogP contribution < -0.4 is 11.1 Å². The van der Waals surface area contributed by atoms with Crippen LogP contribution in [0.1, 0.15) is 24.4 Å². The normalized spacial score (nSPS) is 28.5. The summed E-state index contributed by atoms with van der Waals surface area (Å²) in [5, 5.41) is 6.95. The van der Waals surface area contributed by atoms with Gasteiger partial charge in [-0.15, -0.1) is 0 Å². The Morgan fingerprint density at radius 3 is 3.15 bits per heavy atom. The summed E-state index contributed by atoms with van der Waals surface area (Å²) in [6.45, 7) is 0. The van der Waals surface area contributed by atoms with Gasteiger partial charge in [0.15, 0.2) is 0 Å². The van der Waals surface area contributed by atoms with Crippen LogP contribution >= 0.6 is 11.3 Å². The number of thiophene rings is 1. The van der Waals surface area contributed by atoms with Gasteiger partial charge in [-0.1, -0.05) is 0 Å². The van der Waals surface area contributed by atoms with E-state index in [1.807, 2.05) is 16.8 Å². The zero-order chi connectivity index (χ0) is 9.26. The maximum atomic E-state index is 11.2. The molecule has 3 N–H and O–H groups in total. The topological polar surface area (TPSA) is 55.1 Å². The van der Waals surface area contributed by atoms with E-state index < -0.39 is 0 Å². The van der Waals surface area contributed by atoms with Crippen molar-refractivity contribution in [2.45, 2.75) is 24.9 Å². The Morgan fingerprint density at radius 1 is 1.62 bits per heavy atom. The van der Waals surface area contributed by atoms with Crippen LogP contribution in [0, 0.1) is 0 Å². The minimum absolute atomic E-state index is 0.0208. The van der Waals surface area contributed by atoms with Gasteiger partial charge < -0.3 is 11.1 Å². The van der Waals surface area contributed by atoms with E-state index >= 15 is 0 Å². The van der Waals surface area contributed by atoms with Crippen LogP contribution in [0.25, 0.3) is 0 Å². The van der Waals surface area contributed by atoms with E-state index in [2.05, 4.69) is 5.32 Å². The highest BCUT2D eigenvalue weighted by Crippen LogP contribution is 2.24. The van der Waals surface area contributed by atoms with Gasteiger partial charge in [-0.2, -0.15) is 11.3 Å². The van der Waals surface area contributed by atoms with Crippen molar-refractivity contribution in [3.05, 3.63) is 22.4 Å². The van der Waals surface area contributed by atoms with Crippen molar-refractivity contribution < 1.29 is 4.79 Å². The van der Waals surface area contributed by atoms with E-state index in [-0.39, 0.29) is 18.0 Å². The molecule has 0 spiro atoms. The molecule has 4 heteroatoms. The van der Waals surface area contributed by atoms with E-state index in [1.165, 1.54) is 0 Å². The third-order valence-electron chi connectivity index (χ3n) is 2.35. The predicted molar refractivity (Wildman–Crippen MR) is 52.4 cm³/mol. The standard InChI is InChI=1S/C9H12N2OS/c10-7-1-2-8(12)11-9(7)6-3-4-13-5-6/h3-5,7,9H,1-2,10H2,(H,11,12). The van der Waals surface area contributed by atoms with Crippen LogP contribution in [0.2, 0.25) is 0 Å². The molecular formula is C9H12N2OS. The molecule has 0 radical (unpaired) electrons. The smallest absolute Gasteiger partial charge is 0.220 e. The minimum Gasteiger partial charge on any atom is -0.348 e. The average Bonchev–Trinajstić information content (AvgIpc) is 2.61. The first-order valence-electron chi connectivity index (χ1n) is 4.34. The molecule has 1 saturated heterocycles. The van der Waals surface area contributed by atoms with Gasteiger partial charge in [0, 0.05) is 12.5 Å². The van der Waals surface area contributed by atoms with E-state index in [9.17, 15) is 4.79 Å². The summed E-state index contributed by atoms with van der Waals surface area (Å²) in [6.07, 6.45) is 1.34. The molecule has 1 aliphatic heterocycles. The lowest BCUT2D eigenvalue weighted by atomic mass is 9.95. The van der Waals surface area contributed by atoms with Crippen LogP contribution in [0.3, 0.4) is 0 Å². The molecular weight excluding hydrogens is 184 g/mol. The summed E-state index contributed by atoms with van der Waals surface area (Å²) in [5.41, 5.74) is 7.05. The van der Waals surface area contributed by atoms with Gasteiger partial charge in [-0.05, 0) is 28.8 Å². The molecule has 1 fully saturated rings. The van der Waals surface area contributed by atoms with Crippen LogP contribution in [0.5, 0.6) is 0 Å². The number of hydrogen-bond donors (Lipinski definition) is 2. The highest BCUT2D eigenvalue weighted by molar-refractivity contribution is 7.07. The number of rotatable bonds is 1. The van der Waals surface area contributed by atoms with Gasteiger partial charge in [0.1, 0.15) is 0 Å². The Hall–Kier alpha value is -0.870. The molecule has 13 heavy (non-hydrogen) atoms. The molecule has 70 valence electrons. The van der Waals surface area contributed by atoms with Gasteiger partial charge in [-0.25, -0.2) is 0 Å². The van der Waals surface area contributed by atoms with E-state index in [0.29, 0.717) is 6.42 Å². The molecule has 1 aliphatic rings. The molecule has 1 aromatic heterocycles. The Balaban J connectivity index is 2.17. The van der Waals surface area contributed by atoms with Gasteiger partial charge in [0.05, 0.1) is 6.04 Å². The van der Waals surface area contributed by atoms with E-state index in [0.717, 1.165) is 12.0 Å². The second-order valence-corrected chi connectivity index (χ2v) is 4.08. The first-order chi connectivity index (χ1) is 6.27. The lowest BCUT2D eigenvalue weighted by Crippen LogP contribution is -2.45. The SMILES string of the molecule is NC1CCC(=O)NC1c1ccsc1. The maximum absolute atomic E-state index is 11.2. The second kappa shape index (κ2) is 3.47. The summed E-state index contributed by atoms with van der Waals surface area (Å²) < 4.78 is 0. The molecule has 2 atom stereocenters. The van der Waals surface area contributed by atoms with Crippen molar-refractivity contribution in [3.63, 3.8) is 0 Å². The fourth-order valence-corrected chi connectivity index (χ4v) is 2.30. The van der Waals surface area contributed by atoms with Crippen LogP contribution in [-0.2, 0) is 4.79 Å². The van der Waals surface area contributed by atoms with E-state index in [1.54, 1.807) is 11.3 Å². The maximum Gasteiger partial charge on any atom is 0.220 e. The van der Waals surface area contributed by atoms with Gasteiger partial charge in [-0.3, -0.25) is 4.79 Å². The highest BCUT2D eigenvalue weighted by Gasteiger charge is 2.26. The summed E-state index contributed by atoms with van der Waals surface area (Å²) in [7, 11) is 0. The number of carbonyl (C=O) groups is 1. The molecule has 2 heterocycles. The number of amides is 1. The van der Waals surface area contributed by atoms with Crippen LogP contribution in [0.15, 0.2) is 16.8 Å². The van der Waals surface area contributed by atoms with Crippen LogP contribution in [0.4, 0.5) is 0 Å². The quantitative estimate of drug-likeness (QED) is 0.704. The Kier molecular flexibility index (Phi) is 2.33. The van der Waals surface area contributed by atoms with Gasteiger partial charge in [0.2, 0.25) is 5.91 Å². The second-order valence-electron chi connectivity index (χ2n) is 3.30. The fourth-order valence-electron chi connectivity index (χ4n) is 1.60. The third-order valence-corrected chi connectivity index (χ3v) is 3.05. The molecule has 1 amide bonds. The number of carbonyl (C=O) groups excluding carboxylic acids is 1. The lowest BCUT2D eigenvalue weighted by Gasteiger charge is -2.28.